The fraction of sp³-hybridized carbons (Fsp3) is 0.429. The van der Waals surface area contributed by atoms with E-state index in [0.29, 0.717) is 17.3 Å². The molecule has 0 unspecified atom stereocenters. The van der Waals surface area contributed by atoms with E-state index < -0.39 is 5.82 Å². The number of hydrogen-bond donors (Lipinski definition) is 1. The highest BCUT2D eigenvalue weighted by atomic mass is 19.1. The van der Waals surface area contributed by atoms with E-state index in [1.807, 2.05) is 0 Å². The predicted octanol–water partition coefficient (Wildman–Crippen LogP) is 1.93. The first kappa shape index (κ1) is 14.0. The summed E-state index contributed by atoms with van der Waals surface area (Å²) in [5, 5.41) is 7.21. The van der Waals surface area contributed by atoms with E-state index in [-0.39, 0.29) is 17.9 Å². The van der Waals surface area contributed by atoms with Gasteiger partial charge >= 0.3 is 0 Å². The molecule has 0 aliphatic carbocycles. The van der Waals surface area contributed by atoms with E-state index in [2.05, 4.69) is 15.5 Å². The lowest BCUT2D eigenvalue weighted by atomic mass is 10.2. The standard InChI is InChI=1S/C14H16FN3O3/c1-19-9-6-11(16-7-9)14-17-13(18-21-14)8-3-4-10(15)12(5-8)20-2/h3-5,9,11,16H,6-7H2,1-2H3/t9-,11+/m0/s1. The van der Waals surface area contributed by atoms with Crippen LogP contribution in [0.2, 0.25) is 0 Å². The molecule has 2 atom stereocenters. The molecule has 6 nitrogen and oxygen atoms in total. The summed E-state index contributed by atoms with van der Waals surface area (Å²) in [7, 11) is 3.09. The van der Waals surface area contributed by atoms with Crippen LogP contribution in [0.4, 0.5) is 4.39 Å². The number of halogens is 1. The average molecular weight is 293 g/mol. The van der Waals surface area contributed by atoms with Gasteiger partial charge in [0.2, 0.25) is 11.7 Å². The van der Waals surface area contributed by atoms with E-state index >= 15 is 0 Å². The summed E-state index contributed by atoms with van der Waals surface area (Å²) in [6, 6.07) is 4.44. The molecule has 3 rings (SSSR count). The average Bonchev–Trinajstić information content (AvgIpc) is 3.16. The number of ether oxygens (including phenoxy) is 2. The van der Waals surface area contributed by atoms with E-state index in [9.17, 15) is 4.39 Å². The third-order valence-electron chi connectivity index (χ3n) is 3.57. The molecule has 2 heterocycles. The normalized spacial score (nSPS) is 21.7. The first-order valence-corrected chi connectivity index (χ1v) is 6.65. The fourth-order valence-electron chi connectivity index (χ4n) is 2.36. The molecular formula is C14H16FN3O3. The second-order valence-electron chi connectivity index (χ2n) is 4.86. The molecule has 0 bridgehead atoms. The van der Waals surface area contributed by atoms with Crippen molar-refractivity contribution in [1.82, 2.24) is 15.5 Å². The number of nitrogens with one attached hydrogen (secondary N) is 1. The molecule has 112 valence electrons. The summed E-state index contributed by atoms with van der Waals surface area (Å²) in [5.74, 6) is 0.640. The molecule has 0 amide bonds. The van der Waals surface area contributed by atoms with Crippen molar-refractivity contribution in [3.05, 3.63) is 29.9 Å². The van der Waals surface area contributed by atoms with Crippen LogP contribution < -0.4 is 10.1 Å². The van der Waals surface area contributed by atoms with Crippen molar-refractivity contribution in [1.29, 1.82) is 0 Å². The third-order valence-corrected chi connectivity index (χ3v) is 3.57. The highest BCUT2D eigenvalue weighted by Gasteiger charge is 2.29. The fourth-order valence-corrected chi connectivity index (χ4v) is 2.36. The van der Waals surface area contributed by atoms with E-state index in [4.69, 9.17) is 14.0 Å². The van der Waals surface area contributed by atoms with Crippen molar-refractivity contribution in [2.24, 2.45) is 0 Å². The minimum Gasteiger partial charge on any atom is -0.494 e. The summed E-state index contributed by atoms with van der Waals surface area (Å²) in [6.45, 7) is 0.753. The van der Waals surface area contributed by atoms with Crippen LogP contribution in [-0.4, -0.2) is 37.0 Å². The molecule has 1 saturated heterocycles. The van der Waals surface area contributed by atoms with Crippen LogP contribution in [0.1, 0.15) is 18.4 Å². The minimum atomic E-state index is -0.426. The summed E-state index contributed by atoms with van der Waals surface area (Å²) in [6.07, 6.45) is 0.932. The van der Waals surface area contributed by atoms with Gasteiger partial charge in [-0.25, -0.2) is 4.39 Å². The van der Waals surface area contributed by atoms with Gasteiger partial charge in [0.05, 0.1) is 19.3 Å². The van der Waals surface area contributed by atoms with Gasteiger partial charge in [-0.2, -0.15) is 4.98 Å². The number of hydrogen-bond acceptors (Lipinski definition) is 6. The van der Waals surface area contributed by atoms with Gasteiger partial charge in [-0.1, -0.05) is 5.16 Å². The molecule has 21 heavy (non-hydrogen) atoms. The summed E-state index contributed by atoms with van der Waals surface area (Å²) in [5.41, 5.74) is 0.643. The van der Waals surface area contributed by atoms with Crippen LogP contribution in [0.25, 0.3) is 11.4 Å². The number of methoxy groups -OCH3 is 2. The Morgan fingerprint density at radius 1 is 1.38 bits per heavy atom. The molecule has 7 heteroatoms. The van der Waals surface area contributed by atoms with Gasteiger partial charge in [-0.3, -0.25) is 0 Å². The Labute approximate surface area is 121 Å². The van der Waals surface area contributed by atoms with Crippen LogP contribution in [-0.2, 0) is 4.74 Å². The van der Waals surface area contributed by atoms with Crippen molar-refractivity contribution < 1.29 is 18.4 Å². The second kappa shape index (κ2) is 5.79. The quantitative estimate of drug-likeness (QED) is 0.929. The van der Waals surface area contributed by atoms with Crippen LogP contribution in [0.3, 0.4) is 0 Å². The van der Waals surface area contributed by atoms with Gasteiger partial charge in [-0.05, 0) is 24.6 Å². The molecular weight excluding hydrogens is 277 g/mol. The lowest BCUT2D eigenvalue weighted by molar-refractivity contribution is 0.116. The van der Waals surface area contributed by atoms with Crippen molar-refractivity contribution in [3.63, 3.8) is 0 Å². The molecule has 1 fully saturated rings. The number of aromatic nitrogens is 2. The lowest BCUT2D eigenvalue weighted by Gasteiger charge is -2.04. The molecule has 1 aliphatic rings. The SMILES string of the molecule is COc1cc(-c2noc([C@H]3C[C@H](OC)CN3)n2)ccc1F. The zero-order valence-corrected chi connectivity index (χ0v) is 11.8. The molecule has 1 aromatic heterocycles. The van der Waals surface area contributed by atoms with Crippen molar-refractivity contribution >= 4 is 0 Å². The molecule has 0 radical (unpaired) electrons. The van der Waals surface area contributed by atoms with E-state index in [1.165, 1.54) is 13.2 Å². The zero-order chi connectivity index (χ0) is 14.8. The molecule has 2 aromatic rings. The Bertz CT molecular complexity index is 632. The molecule has 1 aliphatic heterocycles. The number of rotatable bonds is 4. The maximum Gasteiger partial charge on any atom is 0.244 e. The highest BCUT2D eigenvalue weighted by Crippen LogP contribution is 2.28. The molecule has 0 spiro atoms. The Hall–Kier alpha value is -1.99. The topological polar surface area (TPSA) is 69.4 Å². The van der Waals surface area contributed by atoms with Crippen molar-refractivity contribution in [3.8, 4) is 17.1 Å². The van der Waals surface area contributed by atoms with Crippen LogP contribution >= 0.6 is 0 Å². The van der Waals surface area contributed by atoms with Crippen LogP contribution in [0.15, 0.2) is 22.7 Å². The summed E-state index contributed by atoms with van der Waals surface area (Å²) < 4.78 is 28.9. The van der Waals surface area contributed by atoms with Gasteiger partial charge in [0.15, 0.2) is 11.6 Å². The van der Waals surface area contributed by atoms with E-state index in [1.54, 1.807) is 19.2 Å². The summed E-state index contributed by atoms with van der Waals surface area (Å²) >= 11 is 0. The van der Waals surface area contributed by atoms with Crippen molar-refractivity contribution in [2.45, 2.75) is 18.6 Å². The van der Waals surface area contributed by atoms with Crippen molar-refractivity contribution in [2.75, 3.05) is 20.8 Å². The maximum absolute atomic E-state index is 13.4. The first-order valence-electron chi connectivity index (χ1n) is 6.65. The molecule has 1 aromatic carbocycles. The number of benzene rings is 1. The molecule has 1 N–H and O–H groups in total. The minimum absolute atomic E-state index is 0.0152. The maximum atomic E-state index is 13.4. The van der Waals surface area contributed by atoms with E-state index in [0.717, 1.165) is 13.0 Å². The van der Waals surface area contributed by atoms with Gasteiger partial charge < -0.3 is 19.3 Å². The Morgan fingerprint density at radius 3 is 2.95 bits per heavy atom. The third kappa shape index (κ3) is 2.74. The van der Waals surface area contributed by atoms with Gasteiger partial charge in [0.1, 0.15) is 0 Å². The Kier molecular flexibility index (Phi) is 3.85. The highest BCUT2D eigenvalue weighted by molar-refractivity contribution is 5.57. The molecule has 0 saturated carbocycles. The Morgan fingerprint density at radius 2 is 2.24 bits per heavy atom. The van der Waals surface area contributed by atoms with Crippen LogP contribution in [0, 0.1) is 5.82 Å². The smallest absolute Gasteiger partial charge is 0.244 e. The second-order valence-corrected chi connectivity index (χ2v) is 4.86. The van der Waals surface area contributed by atoms with Gasteiger partial charge in [-0.15, -0.1) is 0 Å². The Balaban J connectivity index is 1.82. The van der Waals surface area contributed by atoms with Gasteiger partial charge in [0, 0.05) is 19.2 Å². The lowest BCUT2D eigenvalue weighted by Crippen LogP contribution is -2.16. The zero-order valence-electron chi connectivity index (χ0n) is 11.8. The van der Waals surface area contributed by atoms with Crippen LogP contribution in [0.5, 0.6) is 5.75 Å². The largest absolute Gasteiger partial charge is 0.494 e. The first-order chi connectivity index (χ1) is 10.2. The van der Waals surface area contributed by atoms with Gasteiger partial charge in [0.25, 0.3) is 0 Å². The predicted molar refractivity (Wildman–Crippen MR) is 72.4 cm³/mol. The number of nitrogens with zero attached hydrogens (tertiary/aromatic N) is 2. The monoisotopic (exact) mass is 293 g/mol. The summed E-state index contributed by atoms with van der Waals surface area (Å²) in [4.78, 5) is 4.36.